The molecule has 0 aliphatic heterocycles. The number of hydrogen-bond donors (Lipinski definition) is 1. The summed E-state index contributed by atoms with van der Waals surface area (Å²) in [6, 6.07) is 0. The molecule has 0 amide bonds. The Bertz CT molecular complexity index is 808. The van der Waals surface area contributed by atoms with Crippen molar-refractivity contribution in [3.63, 3.8) is 0 Å². The van der Waals surface area contributed by atoms with Gasteiger partial charge in [0.05, 0.1) is 12.2 Å². The van der Waals surface area contributed by atoms with Crippen LogP contribution in [0.5, 0.6) is 0 Å². The quantitative estimate of drug-likeness (QED) is 0.348. The minimum atomic E-state index is -5.62. The summed E-state index contributed by atoms with van der Waals surface area (Å²) in [7, 11) is -5.62. The lowest BCUT2D eigenvalue weighted by Crippen LogP contribution is -2.61. The van der Waals surface area contributed by atoms with Gasteiger partial charge in [-0.05, 0) is 43.9 Å². The van der Waals surface area contributed by atoms with Gasteiger partial charge >= 0.3 is 27.3 Å². The Morgan fingerprint density at radius 2 is 1.66 bits per heavy atom. The summed E-state index contributed by atoms with van der Waals surface area (Å²) in [5.74, 6) is -0.686. The maximum atomic E-state index is 13.2. The van der Waals surface area contributed by atoms with Crippen LogP contribution < -0.4 is 0 Å². The number of ether oxygens (including phenoxy) is 3. The largest absolute Gasteiger partial charge is 0.459 e. The molecular weight excluding hydrogens is 414 g/mol. The zero-order valence-electron chi connectivity index (χ0n) is 16.0. The van der Waals surface area contributed by atoms with E-state index in [1.165, 1.54) is 6.92 Å². The van der Waals surface area contributed by atoms with Gasteiger partial charge in [-0.25, -0.2) is 4.79 Å². The van der Waals surface area contributed by atoms with Gasteiger partial charge in [-0.3, -0.25) is 9.35 Å². The molecule has 4 aliphatic rings. The van der Waals surface area contributed by atoms with Crippen LogP contribution in [0.15, 0.2) is 12.2 Å². The second-order valence-corrected chi connectivity index (χ2v) is 10.1. The van der Waals surface area contributed by atoms with Crippen LogP contribution in [0.4, 0.5) is 8.78 Å². The van der Waals surface area contributed by atoms with Crippen LogP contribution in [0, 0.1) is 11.8 Å². The number of hydrogen-bond acceptors (Lipinski definition) is 7. The highest BCUT2D eigenvalue weighted by Crippen LogP contribution is 2.60. The van der Waals surface area contributed by atoms with E-state index in [9.17, 15) is 26.8 Å². The monoisotopic (exact) mass is 438 g/mol. The molecular formula is C18H24F2O8S. The van der Waals surface area contributed by atoms with Gasteiger partial charge in [0.1, 0.15) is 17.8 Å². The number of carbonyl (C=O) groups excluding carboxylic acids is 2. The minimum Gasteiger partial charge on any atom is -0.459 e. The lowest BCUT2D eigenvalue weighted by molar-refractivity contribution is -0.228. The van der Waals surface area contributed by atoms with E-state index in [1.54, 1.807) is 0 Å². The number of carbonyl (C=O) groups is 2. The van der Waals surface area contributed by atoms with Crippen molar-refractivity contribution in [2.75, 3.05) is 13.2 Å². The molecule has 0 radical (unpaired) electrons. The van der Waals surface area contributed by atoms with Crippen molar-refractivity contribution in [2.24, 2.45) is 11.8 Å². The van der Waals surface area contributed by atoms with Gasteiger partial charge < -0.3 is 14.2 Å². The molecule has 29 heavy (non-hydrogen) atoms. The van der Waals surface area contributed by atoms with Gasteiger partial charge in [0.15, 0.2) is 0 Å². The second kappa shape index (κ2) is 7.28. The van der Waals surface area contributed by atoms with E-state index in [0.717, 1.165) is 19.3 Å². The van der Waals surface area contributed by atoms with Gasteiger partial charge in [-0.1, -0.05) is 6.58 Å². The fourth-order valence-electron chi connectivity index (χ4n) is 5.33. The Hall–Kier alpha value is -1.59. The highest BCUT2D eigenvalue weighted by Gasteiger charge is 2.61. The molecule has 0 heterocycles. The predicted octanol–water partition coefficient (Wildman–Crippen LogP) is 2.24. The van der Waals surface area contributed by atoms with Crippen LogP contribution in [0.25, 0.3) is 0 Å². The number of esters is 2. The maximum absolute atomic E-state index is 13.2. The first kappa shape index (κ1) is 22.1. The summed E-state index contributed by atoms with van der Waals surface area (Å²) in [5.41, 5.74) is -1.71. The summed E-state index contributed by atoms with van der Waals surface area (Å²) in [5, 5.41) is -4.49. The standard InChI is InChI=1S/C18H24F2O8S/c1-11(8-26-10-18(19,20)29(23,24)25)15(22)28-17-6-13-3-14(7-17)5-16(4-13,9-17)27-12(2)21/h13-14H,1,3-10H2,2H3,(H,23,24,25). The third-order valence-corrected chi connectivity index (χ3v) is 6.71. The molecule has 4 fully saturated rings. The molecule has 164 valence electrons. The minimum absolute atomic E-state index is 0.256. The topological polar surface area (TPSA) is 116 Å². The van der Waals surface area contributed by atoms with Gasteiger partial charge in [0, 0.05) is 13.3 Å². The molecule has 0 saturated heterocycles. The van der Waals surface area contributed by atoms with Crippen molar-refractivity contribution < 1.29 is 45.6 Å². The van der Waals surface area contributed by atoms with Crippen molar-refractivity contribution >= 4 is 22.1 Å². The van der Waals surface area contributed by atoms with Crippen LogP contribution in [-0.2, 0) is 33.9 Å². The summed E-state index contributed by atoms with van der Waals surface area (Å²) in [4.78, 5) is 24.0. The van der Waals surface area contributed by atoms with Gasteiger partial charge in [-0.2, -0.15) is 17.2 Å². The molecule has 0 aromatic rings. The predicted molar refractivity (Wildman–Crippen MR) is 94.5 cm³/mol. The summed E-state index contributed by atoms with van der Waals surface area (Å²) < 4.78 is 71.7. The second-order valence-electron chi connectivity index (χ2n) is 8.52. The molecule has 4 saturated carbocycles. The van der Waals surface area contributed by atoms with Gasteiger partial charge in [0.2, 0.25) is 0 Å². The number of alkyl halides is 2. The third kappa shape index (κ3) is 4.61. The van der Waals surface area contributed by atoms with Crippen molar-refractivity contribution in [2.45, 2.75) is 61.9 Å². The zero-order chi connectivity index (χ0) is 21.7. The van der Waals surface area contributed by atoms with Crippen LogP contribution in [0.1, 0.15) is 45.4 Å². The van der Waals surface area contributed by atoms with Crippen molar-refractivity contribution in [3.05, 3.63) is 12.2 Å². The lowest BCUT2D eigenvalue weighted by atomic mass is 9.52. The van der Waals surface area contributed by atoms with E-state index in [-0.39, 0.29) is 23.4 Å². The molecule has 2 atom stereocenters. The lowest BCUT2D eigenvalue weighted by Gasteiger charge is -2.60. The third-order valence-electron chi connectivity index (χ3n) is 5.84. The maximum Gasteiger partial charge on any atom is 0.392 e. The Balaban J connectivity index is 1.60. The van der Waals surface area contributed by atoms with Gasteiger partial charge in [-0.15, -0.1) is 0 Å². The Morgan fingerprint density at radius 1 is 1.14 bits per heavy atom. The highest BCUT2D eigenvalue weighted by molar-refractivity contribution is 7.86. The fraction of sp³-hybridized carbons (Fsp3) is 0.778. The molecule has 0 aromatic carbocycles. The van der Waals surface area contributed by atoms with Crippen molar-refractivity contribution in [1.82, 2.24) is 0 Å². The van der Waals surface area contributed by atoms with E-state index in [1.807, 2.05) is 0 Å². The molecule has 11 heteroatoms. The van der Waals surface area contributed by atoms with Crippen LogP contribution in [0.3, 0.4) is 0 Å². The average molecular weight is 438 g/mol. The zero-order valence-corrected chi connectivity index (χ0v) is 16.8. The molecule has 2 unspecified atom stereocenters. The first-order chi connectivity index (χ1) is 13.2. The van der Waals surface area contributed by atoms with E-state index in [4.69, 9.17) is 14.0 Å². The molecule has 4 rings (SSSR count). The molecule has 0 aromatic heterocycles. The molecule has 4 bridgehead atoms. The fourth-order valence-corrected chi connectivity index (χ4v) is 5.57. The Morgan fingerprint density at radius 3 is 2.14 bits per heavy atom. The number of rotatable bonds is 8. The van der Waals surface area contributed by atoms with Crippen molar-refractivity contribution in [3.8, 4) is 0 Å². The Kier molecular flexibility index (Phi) is 5.55. The molecule has 1 N–H and O–H groups in total. The van der Waals surface area contributed by atoms with Crippen molar-refractivity contribution in [1.29, 1.82) is 0 Å². The average Bonchev–Trinajstić information content (AvgIpc) is 2.50. The molecule has 4 aliphatic carbocycles. The van der Waals surface area contributed by atoms with E-state index in [0.29, 0.717) is 19.3 Å². The first-order valence-electron chi connectivity index (χ1n) is 9.28. The highest BCUT2D eigenvalue weighted by atomic mass is 32.2. The van der Waals surface area contributed by atoms with E-state index >= 15 is 0 Å². The molecule has 0 spiro atoms. The summed E-state index contributed by atoms with van der Waals surface area (Å²) >= 11 is 0. The SMILES string of the molecule is C=C(COCC(F)(F)S(=O)(=O)O)C(=O)OC12CC3CC(CC(OC(C)=O)(C3)C1)C2. The number of halogens is 2. The van der Waals surface area contributed by atoms with E-state index in [2.05, 4.69) is 11.3 Å². The Labute approximate surface area is 167 Å². The van der Waals surface area contributed by atoms with Crippen LogP contribution >= 0.6 is 0 Å². The normalized spacial score (nSPS) is 33.4. The summed E-state index contributed by atoms with van der Waals surface area (Å²) in [6.45, 7) is 2.50. The van der Waals surface area contributed by atoms with Gasteiger partial charge in [0.25, 0.3) is 0 Å². The van der Waals surface area contributed by atoms with E-state index < -0.39 is 45.8 Å². The van der Waals surface area contributed by atoms with Crippen LogP contribution in [0.2, 0.25) is 0 Å². The van der Waals surface area contributed by atoms with Crippen LogP contribution in [-0.4, -0.2) is 54.6 Å². The first-order valence-corrected chi connectivity index (χ1v) is 10.7. The molecule has 8 nitrogen and oxygen atoms in total. The smallest absolute Gasteiger partial charge is 0.392 e. The summed E-state index contributed by atoms with van der Waals surface area (Å²) in [6.07, 6.45) is 4.10.